The Bertz CT molecular complexity index is 802. The average Bonchev–Trinajstić information content (AvgIpc) is 3.00. The second kappa shape index (κ2) is 7.79. The van der Waals surface area contributed by atoms with Gasteiger partial charge < -0.3 is 10.1 Å². The highest BCUT2D eigenvalue weighted by Gasteiger charge is 2.15. The normalized spacial score (nSPS) is 15.9. The summed E-state index contributed by atoms with van der Waals surface area (Å²) in [5, 5.41) is 11.2. The predicted octanol–water partition coefficient (Wildman–Crippen LogP) is 3.13. The summed E-state index contributed by atoms with van der Waals surface area (Å²) in [6.45, 7) is 2.56. The van der Waals surface area contributed by atoms with Crippen molar-refractivity contribution in [2.45, 2.75) is 13.5 Å². The zero-order valence-corrected chi connectivity index (χ0v) is 14.0. The molecule has 1 aliphatic rings. The summed E-state index contributed by atoms with van der Waals surface area (Å²) in [7, 11) is 0. The fourth-order valence-corrected chi connectivity index (χ4v) is 2.80. The van der Waals surface area contributed by atoms with Gasteiger partial charge in [0.05, 0.1) is 12.0 Å². The van der Waals surface area contributed by atoms with E-state index in [1.165, 1.54) is 17.3 Å². The van der Waals surface area contributed by atoms with Crippen molar-refractivity contribution in [2.75, 3.05) is 5.75 Å². The first-order chi connectivity index (χ1) is 11.7. The van der Waals surface area contributed by atoms with Gasteiger partial charge in [0.1, 0.15) is 12.4 Å². The molecule has 3 rings (SSSR count). The number of para-hydroxylation sites is 1. The van der Waals surface area contributed by atoms with Crippen LogP contribution in [0.5, 0.6) is 5.75 Å². The van der Waals surface area contributed by atoms with Crippen LogP contribution in [0.1, 0.15) is 16.7 Å². The number of carbonyl (C=O) groups is 1. The maximum atomic E-state index is 11.1. The first kappa shape index (κ1) is 16.3. The lowest BCUT2D eigenvalue weighted by Crippen LogP contribution is -2.19. The Hall–Kier alpha value is -2.60. The number of thioether (sulfide) groups is 1. The number of benzene rings is 2. The lowest BCUT2D eigenvalue weighted by atomic mass is 10.1. The van der Waals surface area contributed by atoms with E-state index < -0.39 is 0 Å². The van der Waals surface area contributed by atoms with Gasteiger partial charge in [0.2, 0.25) is 5.91 Å². The van der Waals surface area contributed by atoms with Gasteiger partial charge in [-0.15, -0.1) is 5.10 Å². The SMILES string of the molecule is Cc1ccccc1COc1ccccc1C=NN=C1NC(=O)CS1. The predicted molar refractivity (Wildman–Crippen MR) is 97.6 cm³/mol. The van der Waals surface area contributed by atoms with E-state index in [0.717, 1.165) is 16.9 Å². The molecule has 0 radical (unpaired) electrons. The molecular formula is C18H17N3O2S. The van der Waals surface area contributed by atoms with Gasteiger partial charge in [-0.2, -0.15) is 5.10 Å². The summed E-state index contributed by atoms with van der Waals surface area (Å²) in [5.41, 5.74) is 3.18. The molecule has 0 bridgehead atoms. The smallest absolute Gasteiger partial charge is 0.236 e. The second-order valence-electron chi connectivity index (χ2n) is 5.24. The Morgan fingerprint density at radius 1 is 1.21 bits per heavy atom. The molecule has 0 atom stereocenters. The van der Waals surface area contributed by atoms with Crippen LogP contribution in [0.2, 0.25) is 0 Å². The van der Waals surface area contributed by atoms with E-state index in [1.807, 2.05) is 36.4 Å². The van der Waals surface area contributed by atoms with Crippen LogP contribution in [0.25, 0.3) is 0 Å². The molecule has 0 aromatic heterocycles. The molecule has 0 spiro atoms. The number of aryl methyl sites for hydroxylation is 1. The number of carbonyl (C=O) groups excluding carboxylic acids is 1. The molecule has 1 heterocycles. The molecule has 1 amide bonds. The second-order valence-corrected chi connectivity index (χ2v) is 6.20. The molecule has 1 aliphatic heterocycles. The number of rotatable bonds is 5. The molecule has 0 aliphatic carbocycles. The molecule has 0 saturated carbocycles. The molecule has 0 unspecified atom stereocenters. The van der Waals surface area contributed by atoms with Crippen LogP contribution < -0.4 is 10.1 Å². The zero-order valence-electron chi connectivity index (χ0n) is 13.2. The topological polar surface area (TPSA) is 63.1 Å². The molecule has 122 valence electrons. The van der Waals surface area contributed by atoms with Crippen LogP contribution in [-0.2, 0) is 11.4 Å². The summed E-state index contributed by atoms with van der Waals surface area (Å²) in [5.74, 6) is 1.09. The van der Waals surface area contributed by atoms with E-state index in [4.69, 9.17) is 4.74 Å². The van der Waals surface area contributed by atoms with Crippen molar-refractivity contribution < 1.29 is 9.53 Å². The summed E-state index contributed by atoms with van der Waals surface area (Å²) in [6.07, 6.45) is 1.63. The molecule has 1 N–H and O–H groups in total. The highest BCUT2D eigenvalue weighted by atomic mass is 32.2. The van der Waals surface area contributed by atoms with E-state index in [-0.39, 0.29) is 5.91 Å². The maximum Gasteiger partial charge on any atom is 0.236 e. The number of hydrogen-bond acceptors (Lipinski definition) is 5. The van der Waals surface area contributed by atoms with Gasteiger partial charge in [0, 0.05) is 5.56 Å². The summed E-state index contributed by atoms with van der Waals surface area (Å²) >= 11 is 1.34. The van der Waals surface area contributed by atoms with E-state index in [0.29, 0.717) is 17.5 Å². The molecular weight excluding hydrogens is 322 g/mol. The van der Waals surface area contributed by atoms with Crippen LogP contribution in [0.3, 0.4) is 0 Å². The first-order valence-corrected chi connectivity index (χ1v) is 8.51. The summed E-state index contributed by atoms with van der Waals surface area (Å²) in [4.78, 5) is 11.1. The van der Waals surface area contributed by atoms with Gasteiger partial charge in [-0.25, -0.2) is 0 Å². The summed E-state index contributed by atoms with van der Waals surface area (Å²) < 4.78 is 5.93. The quantitative estimate of drug-likeness (QED) is 0.672. The van der Waals surface area contributed by atoms with Crippen molar-refractivity contribution in [2.24, 2.45) is 10.2 Å². The highest BCUT2D eigenvalue weighted by molar-refractivity contribution is 8.15. The van der Waals surface area contributed by atoms with Crippen molar-refractivity contribution in [3.8, 4) is 5.75 Å². The third-order valence-corrected chi connectivity index (χ3v) is 4.36. The minimum Gasteiger partial charge on any atom is -0.488 e. The van der Waals surface area contributed by atoms with Crippen LogP contribution in [0.4, 0.5) is 0 Å². The fraction of sp³-hybridized carbons (Fsp3) is 0.167. The van der Waals surface area contributed by atoms with Crippen molar-refractivity contribution in [3.63, 3.8) is 0 Å². The fourth-order valence-electron chi connectivity index (χ4n) is 2.17. The van der Waals surface area contributed by atoms with Crippen LogP contribution >= 0.6 is 11.8 Å². The molecule has 2 aromatic rings. The molecule has 2 aromatic carbocycles. The Morgan fingerprint density at radius 3 is 2.79 bits per heavy atom. The Balaban J connectivity index is 1.69. The van der Waals surface area contributed by atoms with Crippen molar-refractivity contribution in [1.82, 2.24) is 5.32 Å². The van der Waals surface area contributed by atoms with Crippen LogP contribution in [0.15, 0.2) is 58.7 Å². The number of nitrogens with one attached hydrogen (secondary N) is 1. The lowest BCUT2D eigenvalue weighted by Gasteiger charge is -2.10. The number of amidine groups is 1. The molecule has 6 heteroatoms. The Labute approximate surface area is 144 Å². The first-order valence-electron chi connectivity index (χ1n) is 7.52. The number of nitrogens with zero attached hydrogens (tertiary/aromatic N) is 2. The third-order valence-electron chi connectivity index (χ3n) is 3.50. The van der Waals surface area contributed by atoms with Gasteiger partial charge in [0.25, 0.3) is 0 Å². The van der Waals surface area contributed by atoms with Gasteiger partial charge in [-0.05, 0) is 30.2 Å². The third kappa shape index (κ3) is 4.23. The van der Waals surface area contributed by atoms with Crippen molar-refractivity contribution in [3.05, 3.63) is 65.2 Å². The minimum atomic E-state index is -0.0454. The van der Waals surface area contributed by atoms with E-state index in [9.17, 15) is 4.79 Å². The highest BCUT2D eigenvalue weighted by Crippen LogP contribution is 2.19. The van der Waals surface area contributed by atoms with Gasteiger partial charge in [-0.1, -0.05) is 48.2 Å². The molecule has 1 saturated heterocycles. The molecule has 1 fully saturated rings. The average molecular weight is 339 g/mol. The van der Waals surface area contributed by atoms with Gasteiger partial charge in [0.15, 0.2) is 5.17 Å². The largest absolute Gasteiger partial charge is 0.488 e. The number of ether oxygens (including phenoxy) is 1. The standard InChI is InChI=1S/C18H17N3O2S/c1-13-6-2-3-8-15(13)11-23-16-9-5-4-7-14(16)10-19-21-18-20-17(22)12-24-18/h2-10H,11-12H2,1H3,(H,20,21,22). The summed E-state index contributed by atoms with van der Waals surface area (Å²) in [6, 6.07) is 15.8. The van der Waals surface area contributed by atoms with Crippen LogP contribution in [-0.4, -0.2) is 23.0 Å². The van der Waals surface area contributed by atoms with Gasteiger partial charge >= 0.3 is 0 Å². The maximum absolute atomic E-state index is 11.1. The molecule has 5 nitrogen and oxygen atoms in total. The van der Waals surface area contributed by atoms with E-state index in [2.05, 4.69) is 34.6 Å². The zero-order chi connectivity index (χ0) is 16.8. The molecule has 24 heavy (non-hydrogen) atoms. The van der Waals surface area contributed by atoms with E-state index in [1.54, 1.807) is 6.21 Å². The van der Waals surface area contributed by atoms with Gasteiger partial charge in [-0.3, -0.25) is 4.79 Å². The number of hydrogen-bond donors (Lipinski definition) is 1. The van der Waals surface area contributed by atoms with Crippen molar-refractivity contribution >= 4 is 29.1 Å². The van der Waals surface area contributed by atoms with E-state index >= 15 is 0 Å². The monoisotopic (exact) mass is 339 g/mol. The number of amides is 1. The Kier molecular flexibility index (Phi) is 5.28. The van der Waals surface area contributed by atoms with Crippen LogP contribution in [0, 0.1) is 6.92 Å². The minimum absolute atomic E-state index is 0.0454. The van der Waals surface area contributed by atoms with Crippen molar-refractivity contribution in [1.29, 1.82) is 0 Å². The Morgan fingerprint density at radius 2 is 2.00 bits per heavy atom. The lowest BCUT2D eigenvalue weighted by molar-refractivity contribution is -0.116.